The lowest BCUT2D eigenvalue weighted by Crippen LogP contribution is -2.46. The number of carbonyl (C=O) groups is 2. The molecular weight excluding hydrogens is 516 g/mol. The van der Waals surface area contributed by atoms with Crippen LogP contribution in [0.3, 0.4) is 0 Å². The molecule has 4 heterocycles. The Bertz CT molecular complexity index is 1580. The minimum atomic E-state index is -0.671. The van der Waals surface area contributed by atoms with E-state index in [0.717, 1.165) is 17.0 Å². The Morgan fingerprint density at radius 3 is 2.64 bits per heavy atom. The van der Waals surface area contributed by atoms with Crippen molar-refractivity contribution in [3.8, 4) is 11.3 Å². The second-order valence-corrected chi connectivity index (χ2v) is 9.83. The summed E-state index contributed by atoms with van der Waals surface area (Å²) in [5.74, 6) is 0.997. The van der Waals surface area contributed by atoms with Crippen molar-refractivity contribution in [2.24, 2.45) is 0 Å². The molecule has 0 bridgehead atoms. The first-order valence-electron chi connectivity index (χ1n) is 12.5. The molecule has 2 atom stereocenters. The first kappa shape index (κ1) is 26.2. The van der Waals surface area contributed by atoms with Gasteiger partial charge in [0, 0.05) is 29.6 Å². The number of fused-ring (bicyclic) bond motifs is 1. The summed E-state index contributed by atoms with van der Waals surface area (Å²) in [6.45, 7) is 7.62. The van der Waals surface area contributed by atoms with E-state index in [4.69, 9.17) is 11.6 Å². The minimum Gasteiger partial charge on any atom is -0.346 e. The largest absolute Gasteiger partial charge is 0.346 e. The predicted octanol–water partition coefficient (Wildman–Crippen LogP) is 4.56. The Kier molecular flexibility index (Phi) is 7.21. The average Bonchev–Trinajstić information content (AvgIpc) is 3.24. The lowest BCUT2D eigenvalue weighted by Gasteiger charge is -2.25. The van der Waals surface area contributed by atoms with Gasteiger partial charge in [-0.05, 0) is 57.5 Å². The van der Waals surface area contributed by atoms with Crippen LogP contribution in [0.25, 0.3) is 11.3 Å². The van der Waals surface area contributed by atoms with Crippen molar-refractivity contribution in [1.29, 1.82) is 0 Å². The molecule has 0 saturated carbocycles. The van der Waals surface area contributed by atoms with E-state index in [-0.39, 0.29) is 17.9 Å². The number of rotatable bonds is 7. The molecule has 1 aliphatic heterocycles. The van der Waals surface area contributed by atoms with Crippen LogP contribution in [-0.4, -0.2) is 47.7 Å². The molecule has 0 radical (unpaired) electrons. The maximum absolute atomic E-state index is 13.4. The topological polar surface area (TPSA) is 126 Å². The van der Waals surface area contributed by atoms with Crippen LogP contribution in [0.1, 0.15) is 53.0 Å². The summed E-state index contributed by atoms with van der Waals surface area (Å²) in [6.07, 6.45) is 3.14. The van der Waals surface area contributed by atoms with E-state index >= 15 is 0 Å². The molecular formula is C28H27ClN8O2. The number of aryl methyl sites for hydroxylation is 2. The summed E-state index contributed by atoms with van der Waals surface area (Å²) < 4.78 is 0. The monoisotopic (exact) mass is 542 g/mol. The van der Waals surface area contributed by atoms with Gasteiger partial charge < -0.3 is 15.5 Å². The summed E-state index contributed by atoms with van der Waals surface area (Å²) in [4.78, 5) is 49.7. The number of anilines is 2. The summed E-state index contributed by atoms with van der Waals surface area (Å²) in [5, 5.41) is 6.37. The number of aromatic nitrogens is 5. The highest BCUT2D eigenvalue weighted by Gasteiger charge is 2.34. The highest BCUT2D eigenvalue weighted by molar-refractivity contribution is 6.33. The minimum absolute atomic E-state index is 0.226. The van der Waals surface area contributed by atoms with E-state index in [1.54, 1.807) is 37.1 Å². The van der Waals surface area contributed by atoms with Crippen LogP contribution in [0, 0.1) is 13.8 Å². The Balaban J connectivity index is 1.33. The molecule has 198 valence electrons. The predicted molar refractivity (Wildman–Crippen MR) is 147 cm³/mol. The quantitative estimate of drug-likeness (QED) is 0.348. The molecule has 0 saturated heterocycles. The first-order chi connectivity index (χ1) is 18.7. The van der Waals surface area contributed by atoms with Crippen LogP contribution in [-0.2, 0) is 11.3 Å². The Labute approximate surface area is 230 Å². The van der Waals surface area contributed by atoms with Crippen molar-refractivity contribution < 1.29 is 9.59 Å². The third kappa shape index (κ3) is 5.56. The van der Waals surface area contributed by atoms with Crippen molar-refractivity contribution in [2.45, 2.75) is 46.3 Å². The van der Waals surface area contributed by atoms with E-state index < -0.39 is 6.04 Å². The zero-order valence-electron chi connectivity index (χ0n) is 21.9. The van der Waals surface area contributed by atoms with Gasteiger partial charge in [0.2, 0.25) is 11.9 Å². The first-order valence-corrected chi connectivity index (χ1v) is 12.8. The summed E-state index contributed by atoms with van der Waals surface area (Å²) >= 11 is 6.44. The molecule has 39 heavy (non-hydrogen) atoms. The molecule has 0 fully saturated rings. The van der Waals surface area contributed by atoms with Gasteiger partial charge in [-0.15, -0.1) is 0 Å². The highest BCUT2D eigenvalue weighted by Crippen LogP contribution is 2.32. The molecule has 0 unspecified atom stereocenters. The van der Waals surface area contributed by atoms with Crippen molar-refractivity contribution in [1.82, 2.24) is 35.1 Å². The molecule has 11 heteroatoms. The van der Waals surface area contributed by atoms with Crippen molar-refractivity contribution in [3.05, 3.63) is 88.2 Å². The van der Waals surface area contributed by atoms with Crippen LogP contribution >= 0.6 is 11.6 Å². The summed E-state index contributed by atoms with van der Waals surface area (Å²) in [6, 6.07) is 11.9. The number of nitrogens with one attached hydrogen (secondary N) is 2. The fourth-order valence-electron chi connectivity index (χ4n) is 4.41. The molecule has 0 spiro atoms. The second kappa shape index (κ2) is 10.7. The van der Waals surface area contributed by atoms with E-state index in [1.807, 2.05) is 44.2 Å². The van der Waals surface area contributed by atoms with Crippen LogP contribution in [0.5, 0.6) is 0 Å². The molecule has 0 aliphatic carbocycles. The summed E-state index contributed by atoms with van der Waals surface area (Å²) in [5.41, 5.74) is 4.11. The maximum Gasteiger partial charge on any atom is 0.255 e. The fourth-order valence-corrected chi connectivity index (χ4v) is 4.61. The van der Waals surface area contributed by atoms with Gasteiger partial charge in [0.15, 0.2) is 0 Å². The van der Waals surface area contributed by atoms with Gasteiger partial charge >= 0.3 is 0 Å². The molecule has 4 aromatic rings. The standard InChI is InChI=1S/C28H27ClN8O2/c1-15-6-5-7-23(32-15)16(2)33-26(38)17(3)37-14-20-9-8-19(12-21(20)27(37)39)25-22(29)13-31-28(36-25)35-24-10-11-30-18(4)34-24/h5-13,16-17H,14H2,1-4H3,(H,33,38)(H,30,31,34,35,36)/t16-,17-/m1/s1. The maximum atomic E-state index is 13.4. The van der Waals surface area contributed by atoms with Gasteiger partial charge in [-0.25, -0.2) is 19.9 Å². The van der Waals surface area contributed by atoms with Crippen molar-refractivity contribution in [3.63, 3.8) is 0 Å². The van der Waals surface area contributed by atoms with Crippen molar-refractivity contribution >= 4 is 35.2 Å². The number of amides is 2. The van der Waals surface area contributed by atoms with Gasteiger partial charge in [-0.3, -0.25) is 14.6 Å². The Hall–Kier alpha value is -4.44. The van der Waals surface area contributed by atoms with Gasteiger partial charge in [-0.1, -0.05) is 29.8 Å². The third-order valence-electron chi connectivity index (χ3n) is 6.53. The highest BCUT2D eigenvalue weighted by atomic mass is 35.5. The fraction of sp³-hybridized carbons (Fsp3) is 0.250. The number of nitrogens with zero attached hydrogens (tertiary/aromatic N) is 6. The number of carbonyl (C=O) groups excluding carboxylic acids is 2. The van der Waals surface area contributed by atoms with E-state index in [9.17, 15) is 9.59 Å². The zero-order valence-corrected chi connectivity index (χ0v) is 22.7. The van der Waals surface area contributed by atoms with E-state index in [0.29, 0.717) is 46.0 Å². The van der Waals surface area contributed by atoms with Gasteiger partial charge in [0.1, 0.15) is 17.7 Å². The number of halogens is 1. The molecule has 1 aromatic carbocycles. The SMILES string of the molecule is Cc1cccc([C@@H](C)NC(=O)[C@@H](C)N2Cc3ccc(-c4nc(Nc5ccnc(C)n5)ncc4Cl)cc3C2=O)n1. The second-order valence-electron chi connectivity index (χ2n) is 9.42. The molecule has 10 nitrogen and oxygen atoms in total. The molecule has 5 rings (SSSR count). The normalized spacial score (nSPS) is 14.1. The Morgan fingerprint density at radius 2 is 1.87 bits per heavy atom. The van der Waals surface area contributed by atoms with Crippen LogP contribution in [0.15, 0.2) is 54.9 Å². The van der Waals surface area contributed by atoms with Crippen LogP contribution in [0.4, 0.5) is 11.8 Å². The van der Waals surface area contributed by atoms with Crippen LogP contribution < -0.4 is 10.6 Å². The summed E-state index contributed by atoms with van der Waals surface area (Å²) in [7, 11) is 0. The third-order valence-corrected chi connectivity index (χ3v) is 6.81. The lowest BCUT2D eigenvalue weighted by atomic mass is 10.0. The van der Waals surface area contributed by atoms with Gasteiger partial charge in [-0.2, -0.15) is 0 Å². The van der Waals surface area contributed by atoms with Crippen LogP contribution in [0.2, 0.25) is 5.02 Å². The number of pyridine rings is 1. The lowest BCUT2D eigenvalue weighted by molar-refractivity contribution is -0.125. The Morgan fingerprint density at radius 1 is 1.05 bits per heavy atom. The molecule has 1 aliphatic rings. The van der Waals surface area contributed by atoms with Crippen molar-refractivity contribution in [2.75, 3.05) is 5.32 Å². The van der Waals surface area contributed by atoms with E-state index in [1.165, 1.54) is 6.20 Å². The molecule has 2 amide bonds. The molecule has 2 N–H and O–H groups in total. The number of hydrogen-bond donors (Lipinski definition) is 2. The smallest absolute Gasteiger partial charge is 0.255 e. The number of hydrogen-bond acceptors (Lipinski definition) is 8. The van der Waals surface area contributed by atoms with Gasteiger partial charge in [0.25, 0.3) is 5.91 Å². The van der Waals surface area contributed by atoms with Gasteiger partial charge in [0.05, 0.1) is 28.6 Å². The molecule has 3 aromatic heterocycles. The average molecular weight is 543 g/mol. The zero-order chi connectivity index (χ0) is 27.7. The number of benzene rings is 1. The van der Waals surface area contributed by atoms with E-state index in [2.05, 4.69) is 35.6 Å².